The molecule has 0 rings (SSSR count). The Hall–Kier alpha value is 0.180. The highest BCUT2D eigenvalue weighted by Gasteiger charge is 1.91. The van der Waals surface area contributed by atoms with Gasteiger partial charge in [-0.3, -0.25) is 0 Å². The summed E-state index contributed by atoms with van der Waals surface area (Å²) < 4.78 is 0. The first-order valence-electron chi connectivity index (χ1n) is 3.78. The zero-order valence-corrected chi connectivity index (χ0v) is 8.21. The molecule has 0 aliphatic rings. The summed E-state index contributed by atoms with van der Waals surface area (Å²) >= 11 is 0. The van der Waals surface area contributed by atoms with E-state index in [4.69, 9.17) is 0 Å². The summed E-state index contributed by atoms with van der Waals surface area (Å²) in [5.74, 6) is 6.61. The Morgan fingerprint density at radius 1 is 1.40 bits per heavy atom. The molecule has 0 saturated heterocycles. The van der Waals surface area contributed by atoms with E-state index in [1.807, 2.05) is 0 Å². The molecular weight excluding hydrogens is 142 g/mol. The van der Waals surface area contributed by atoms with E-state index >= 15 is 0 Å². The van der Waals surface area contributed by atoms with Crippen LogP contribution in [-0.2, 0) is 0 Å². The predicted molar refractivity (Wildman–Crippen MR) is 53.3 cm³/mol. The molecule has 0 amide bonds. The minimum Gasteiger partial charge on any atom is -0.309 e. The average Bonchev–Trinajstić information content (AvgIpc) is 1.87. The molecule has 0 bridgehead atoms. The molecule has 10 heavy (non-hydrogen) atoms. The van der Waals surface area contributed by atoms with E-state index in [0.29, 0.717) is 10.5 Å². The van der Waals surface area contributed by atoms with Crippen LogP contribution in [-0.4, -0.2) is 42.9 Å². The summed E-state index contributed by atoms with van der Waals surface area (Å²) in [6, 6.07) is 0. The third-order valence-electron chi connectivity index (χ3n) is 1.45. The number of rotatable bonds is 5. The van der Waals surface area contributed by atoms with Crippen LogP contribution in [0.3, 0.4) is 0 Å². The molecule has 0 aliphatic heterocycles. The Kier molecular flexibility index (Phi) is 6.03. The number of hydrogen-bond acceptors (Lipinski definition) is 1. The Morgan fingerprint density at radius 2 is 2.00 bits per heavy atom. The van der Waals surface area contributed by atoms with Crippen LogP contribution in [0.15, 0.2) is 0 Å². The summed E-state index contributed by atoms with van der Waals surface area (Å²) in [6.45, 7) is 3.42. The molecular formula is C8H19NS. The van der Waals surface area contributed by atoms with Crippen molar-refractivity contribution < 1.29 is 0 Å². The second-order valence-electron chi connectivity index (χ2n) is 2.76. The zero-order valence-electron chi connectivity index (χ0n) is 7.39. The van der Waals surface area contributed by atoms with Gasteiger partial charge in [0.25, 0.3) is 0 Å². The second-order valence-corrected chi connectivity index (χ2v) is 4.97. The lowest BCUT2D eigenvalue weighted by Crippen LogP contribution is -2.13. The standard InChI is InChI=1S/C8H19NS/c1-5-10(4)8-6-7-9(2)3/h4-8H2,1-3H3. The van der Waals surface area contributed by atoms with Gasteiger partial charge in [-0.05, 0) is 38.6 Å². The fourth-order valence-corrected chi connectivity index (χ4v) is 1.56. The topological polar surface area (TPSA) is 3.24 Å². The van der Waals surface area contributed by atoms with Gasteiger partial charge in [0.2, 0.25) is 0 Å². The monoisotopic (exact) mass is 161 g/mol. The lowest BCUT2D eigenvalue weighted by atomic mass is 10.5. The highest BCUT2D eigenvalue weighted by Crippen LogP contribution is 2.08. The molecule has 1 unspecified atom stereocenters. The van der Waals surface area contributed by atoms with E-state index in [1.165, 1.54) is 24.5 Å². The van der Waals surface area contributed by atoms with Gasteiger partial charge in [-0.2, -0.15) is 10.5 Å². The van der Waals surface area contributed by atoms with E-state index in [2.05, 4.69) is 31.8 Å². The number of nitrogens with zero attached hydrogens (tertiary/aromatic N) is 1. The minimum absolute atomic E-state index is 0.430. The second kappa shape index (κ2) is 5.93. The molecule has 0 spiro atoms. The normalized spacial score (nSPS) is 14.0. The highest BCUT2D eigenvalue weighted by atomic mass is 32.2. The molecule has 0 aromatic rings. The van der Waals surface area contributed by atoms with Crippen molar-refractivity contribution in [3.63, 3.8) is 0 Å². The van der Waals surface area contributed by atoms with E-state index in [0.717, 1.165) is 0 Å². The van der Waals surface area contributed by atoms with Crippen LogP contribution in [0.4, 0.5) is 0 Å². The molecule has 2 heteroatoms. The van der Waals surface area contributed by atoms with Gasteiger partial charge in [0.1, 0.15) is 0 Å². The van der Waals surface area contributed by atoms with E-state index in [9.17, 15) is 0 Å². The summed E-state index contributed by atoms with van der Waals surface area (Å²) in [5, 5.41) is 0. The van der Waals surface area contributed by atoms with E-state index < -0.39 is 0 Å². The first kappa shape index (κ1) is 10.2. The third-order valence-corrected chi connectivity index (χ3v) is 3.13. The smallest absolute Gasteiger partial charge is 0.00171 e. The SMILES string of the molecule is C=S(CC)CCCN(C)C. The molecule has 0 aromatic heterocycles. The summed E-state index contributed by atoms with van der Waals surface area (Å²) in [5.41, 5.74) is 0. The molecule has 1 atom stereocenters. The van der Waals surface area contributed by atoms with Gasteiger partial charge < -0.3 is 4.90 Å². The molecule has 0 heterocycles. The van der Waals surface area contributed by atoms with Crippen LogP contribution in [0.25, 0.3) is 0 Å². The van der Waals surface area contributed by atoms with Crippen LogP contribution in [0, 0.1) is 0 Å². The minimum atomic E-state index is 0.430. The quantitative estimate of drug-likeness (QED) is 0.554. The molecule has 0 aliphatic carbocycles. The molecule has 62 valence electrons. The fourth-order valence-electron chi connectivity index (χ4n) is 0.729. The van der Waals surface area contributed by atoms with Crippen molar-refractivity contribution in [1.82, 2.24) is 4.90 Å². The molecule has 0 saturated carbocycles. The van der Waals surface area contributed by atoms with Crippen LogP contribution < -0.4 is 0 Å². The third kappa shape index (κ3) is 6.30. The van der Waals surface area contributed by atoms with Crippen molar-refractivity contribution in [2.75, 3.05) is 32.1 Å². The molecule has 1 nitrogen and oxygen atoms in total. The fraction of sp³-hybridized carbons (Fsp3) is 0.875. The maximum absolute atomic E-state index is 4.06. The Balaban J connectivity index is 3.12. The molecule has 0 aromatic carbocycles. The van der Waals surface area contributed by atoms with Gasteiger partial charge in [0.05, 0.1) is 0 Å². The van der Waals surface area contributed by atoms with Gasteiger partial charge >= 0.3 is 0 Å². The predicted octanol–water partition coefficient (Wildman–Crippen LogP) is 1.66. The van der Waals surface area contributed by atoms with Gasteiger partial charge in [-0.1, -0.05) is 12.8 Å². The van der Waals surface area contributed by atoms with Crippen molar-refractivity contribution in [2.24, 2.45) is 0 Å². The molecule has 0 N–H and O–H groups in total. The van der Waals surface area contributed by atoms with Crippen molar-refractivity contribution in [1.29, 1.82) is 0 Å². The maximum atomic E-state index is 4.06. The van der Waals surface area contributed by atoms with Crippen LogP contribution >= 0.6 is 10.5 Å². The average molecular weight is 161 g/mol. The van der Waals surface area contributed by atoms with Crippen molar-refractivity contribution in [2.45, 2.75) is 13.3 Å². The first-order valence-corrected chi connectivity index (χ1v) is 5.52. The largest absolute Gasteiger partial charge is 0.309 e. The lowest BCUT2D eigenvalue weighted by molar-refractivity contribution is 0.410. The van der Waals surface area contributed by atoms with Gasteiger partial charge in [-0.25, -0.2) is 0 Å². The summed E-state index contributed by atoms with van der Waals surface area (Å²) in [7, 11) is 4.67. The van der Waals surface area contributed by atoms with E-state index in [-0.39, 0.29) is 0 Å². The van der Waals surface area contributed by atoms with E-state index in [1.54, 1.807) is 0 Å². The van der Waals surface area contributed by atoms with Gasteiger partial charge in [0.15, 0.2) is 0 Å². The van der Waals surface area contributed by atoms with Crippen LogP contribution in [0.5, 0.6) is 0 Å². The Labute approximate surface area is 67.3 Å². The molecule has 0 fully saturated rings. The summed E-state index contributed by atoms with van der Waals surface area (Å²) in [4.78, 5) is 2.23. The highest BCUT2D eigenvalue weighted by molar-refractivity contribution is 8.14. The number of hydrogen-bond donors (Lipinski definition) is 0. The van der Waals surface area contributed by atoms with Gasteiger partial charge in [-0.15, -0.1) is 0 Å². The van der Waals surface area contributed by atoms with Crippen molar-refractivity contribution in [3.05, 3.63) is 0 Å². The first-order chi connectivity index (χ1) is 4.66. The maximum Gasteiger partial charge on any atom is -0.00171 e. The lowest BCUT2D eigenvalue weighted by Gasteiger charge is -2.09. The van der Waals surface area contributed by atoms with Gasteiger partial charge in [0, 0.05) is 0 Å². The molecule has 0 radical (unpaired) electrons. The zero-order chi connectivity index (χ0) is 7.98. The Bertz CT molecular complexity index is 99.4. The van der Waals surface area contributed by atoms with Crippen LogP contribution in [0.2, 0.25) is 0 Å². The van der Waals surface area contributed by atoms with Crippen LogP contribution in [0.1, 0.15) is 13.3 Å². The summed E-state index contributed by atoms with van der Waals surface area (Å²) in [6.07, 6.45) is 1.30. The Morgan fingerprint density at radius 3 is 2.40 bits per heavy atom. The van der Waals surface area contributed by atoms with Crippen molar-refractivity contribution in [3.8, 4) is 0 Å². The van der Waals surface area contributed by atoms with Crippen molar-refractivity contribution >= 4 is 16.4 Å².